The molecular weight excluding hydrogens is 919 g/mol. The normalized spacial score (nSPS) is 18.6. The molecule has 2 aliphatic rings. The van der Waals surface area contributed by atoms with Gasteiger partial charge in [0.1, 0.15) is 48.9 Å². The largest absolute Gasteiger partial charge is 0.480 e. The summed E-state index contributed by atoms with van der Waals surface area (Å²) in [6.07, 6.45) is 4.40. The fourth-order valence-electron chi connectivity index (χ4n) is 7.79. The van der Waals surface area contributed by atoms with Gasteiger partial charge in [0.25, 0.3) is 5.91 Å². The number of aromatic nitrogens is 1. The molecule has 2 fully saturated rings. The van der Waals surface area contributed by atoms with Gasteiger partial charge in [0.15, 0.2) is 6.04 Å². The van der Waals surface area contributed by atoms with Crippen molar-refractivity contribution in [3.8, 4) is 0 Å². The number of carboxylic acids is 1. The average molecular weight is 982 g/mol. The maximum Gasteiger partial charge on any atom is 0.326 e. The number of benzene rings is 1. The summed E-state index contributed by atoms with van der Waals surface area (Å²) in [6, 6.07) is -1.70. The number of likely N-dealkylation sites (tertiary alicyclic amines) is 2. The summed E-state index contributed by atoms with van der Waals surface area (Å²) in [5, 5.41) is 35.1. The SMILES string of the molecule is [NH3+]CCCC[C@H](NC(=O)[C@H](CS)NC(=O)[C@@H]1CCCN1C(=O)[C@@H]1CCCN1C(=O)[C@H](CS)NC(=O)[C@@H]([NH3+])CO)C(=O)N[C@@H](CS)C(=O)NCC(=O)N[C@@H](Cc1c[nH]c2ccccc12)C(=O)O. The number of hydrogen-bond acceptors (Lipinski definition) is 13. The molecule has 8 atom stereocenters. The first-order valence-corrected chi connectivity index (χ1v) is 23.7. The minimum atomic E-state index is -1.30. The first kappa shape index (κ1) is 53.5. The number of carbonyl (C=O) groups is 9. The Bertz CT molecular complexity index is 2060. The van der Waals surface area contributed by atoms with Crippen molar-refractivity contribution >= 4 is 102 Å². The van der Waals surface area contributed by atoms with Gasteiger partial charge in [-0.15, -0.1) is 0 Å². The molecule has 66 heavy (non-hydrogen) atoms. The number of amides is 8. The highest BCUT2D eigenvalue weighted by Crippen LogP contribution is 2.26. The van der Waals surface area contributed by atoms with Crippen LogP contribution >= 0.6 is 37.9 Å². The van der Waals surface area contributed by atoms with Gasteiger partial charge in [0, 0.05) is 53.9 Å². The molecule has 0 radical (unpaired) electrons. The van der Waals surface area contributed by atoms with E-state index in [1.54, 1.807) is 6.20 Å². The van der Waals surface area contributed by atoms with Crippen LogP contribution in [-0.2, 0) is 49.6 Å². The van der Waals surface area contributed by atoms with Crippen LogP contribution < -0.4 is 43.4 Å². The van der Waals surface area contributed by atoms with Crippen LogP contribution in [-0.4, -0.2) is 177 Å². The summed E-state index contributed by atoms with van der Waals surface area (Å²) in [5.74, 6) is -7.11. The number of nitrogens with one attached hydrogen (secondary N) is 7. The molecule has 0 saturated carbocycles. The van der Waals surface area contributed by atoms with Crippen molar-refractivity contribution in [3.05, 3.63) is 36.0 Å². The molecule has 0 spiro atoms. The Hall–Kier alpha value is -5.08. The Morgan fingerprint density at radius 2 is 1.35 bits per heavy atom. The number of thiol groups is 3. The molecule has 22 nitrogen and oxygen atoms in total. The number of aromatic amines is 1. The van der Waals surface area contributed by atoms with Gasteiger partial charge in [0.05, 0.1) is 13.1 Å². The van der Waals surface area contributed by atoms with Crippen LogP contribution in [0.5, 0.6) is 0 Å². The highest BCUT2D eigenvalue weighted by Gasteiger charge is 2.44. The maximum atomic E-state index is 14.0. The summed E-state index contributed by atoms with van der Waals surface area (Å²) < 4.78 is 0. The lowest BCUT2D eigenvalue weighted by Gasteiger charge is -2.33. The Morgan fingerprint density at radius 1 is 0.742 bits per heavy atom. The van der Waals surface area contributed by atoms with Crippen molar-refractivity contribution in [1.82, 2.24) is 46.7 Å². The quantitative estimate of drug-likeness (QED) is 0.0331. The van der Waals surface area contributed by atoms with Gasteiger partial charge in [-0.2, -0.15) is 37.9 Å². The molecule has 364 valence electrons. The molecule has 0 bridgehead atoms. The monoisotopic (exact) mass is 981 g/mol. The van der Waals surface area contributed by atoms with Gasteiger partial charge < -0.3 is 68.4 Å². The first-order chi connectivity index (χ1) is 31.6. The number of carbonyl (C=O) groups excluding carboxylic acids is 8. The van der Waals surface area contributed by atoms with E-state index >= 15 is 0 Å². The molecule has 1 aromatic heterocycles. The molecule has 15 N–H and O–H groups in total. The average Bonchev–Trinajstić information content (AvgIpc) is 4.10. The van der Waals surface area contributed by atoms with E-state index in [-0.39, 0.29) is 49.6 Å². The first-order valence-electron chi connectivity index (χ1n) is 21.8. The van der Waals surface area contributed by atoms with Crippen molar-refractivity contribution in [2.75, 3.05) is 50.0 Å². The number of hydrogen-bond donors (Lipinski definition) is 14. The number of quaternary nitrogens is 2. The van der Waals surface area contributed by atoms with E-state index in [4.69, 9.17) is 0 Å². The van der Waals surface area contributed by atoms with Crippen LogP contribution in [0.1, 0.15) is 50.5 Å². The molecule has 8 amide bonds. The molecule has 2 saturated heterocycles. The number of para-hydroxylation sites is 1. The van der Waals surface area contributed by atoms with E-state index in [9.17, 15) is 53.4 Å². The van der Waals surface area contributed by atoms with Gasteiger partial charge in [-0.25, -0.2) is 4.79 Å². The minimum absolute atomic E-state index is 0.0256. The Morgan fingerprint density at radius 3 is 2.00 bits per heavy atom. The van der Waals surface area contributed by atoms with Gasteiger partial charge >= 0.3 is 5.97 Å². The number of fused-ring (bicyclic) bond motifs is 1. The lowest BCUT2D eigenvalue weighted by Crippen LogP contribution is -2.70. The lowest BCUT2D eigenvalue weighted by atomic mass is 10.0. The third kappa shape index (κ3) is 14.5. The summed E-state index contributed by atoms with van der Waals surface area (Å²) in [7, 11) is 0. The lowest BCUT2D eigenvalue weighted by molar-refractivity contribution is -0.409. The van der Waals surface area contributed by atoms with Gasteiger partial charge in [-0.1, -0.05) is 18.2 Å². The van der Waals surface area contributed by atoms with Crippen LogP contribution in [0.3, 0.4) is 0 Å². The van der Waals surface area contributed by atoms with E-state index in [1.165, 1.54) is 9.80 Å². The van der Waals surface area contributed by atoms with Crippen molar-refractivity contribution in [2.24, 2.45) is 0 Å². The fourth-order valence-corrected chi connectivity index (χ4v) is 8.55. The number of aliphatic hydroxyl groups excluding tert-OH is 1. The van der Waals surface area contributed by atoms with Crippen molar-refractivity contribution in [3.63, 3.8) is 0 Å². The molecule has 0 unspecified atom stereocenters. The molecule has 3 heterocycles. The summed E-state index contributed by atoms with van der Waals surface area (Å²) in [5.41, 5.74) is 8.84. The zero-order valence-electron chi connectivity index (χ0n) is 36.5. The van der Waals surface area contributed by atoms with Crippen LogP contribution in [0.15, 0.2) is 30.5 Å². The second kappa shape index (κ2) is 26.3. The Labute approximate surface area is 397 Å². The predicted molar refractivity (Wildman–Crippen MR) is 249 cm³/mol. The summed E-state index contributed by atoms with van der Waals surface area (Å²) >= 11 is 12.7. The molecule has 1 aromatic carbocycles. The number of rotatable bonds is 25. The standard InChI is InChI=1S/C41H61N11O11S3/c42-12-4-3-9-26(36(57)48-28(19-64)35(56)45-17-33(54)46-27(41(62)63)15-22-16-44-25-8-2-1-7-23(22)25)47-37(58)29(20-65)49-38(59)31-10-5-13-51(31)40(61)32-11-6-14-52(32)39(60)30(21-66)50-34(55)24(43)18-53/h1-2,7-8,16,24,26-32,44,53,64-66H,3-6,9-15,17-21,42-43H2,(H,45,56)(H,46,54)(H,47,58)(H,48,57)(H,49,59)(H,50,55)(H,62,63)/p+2/t24-,26-,27-,28-,29-,30-,31-,32-/m0/s1. The smallest absolute Gasteiger partial charge is 0.326 e. The zero-order chi connectivity index (χ0) is 48.5. The summed E-state index contributed by atoms with van der Waals surface area (Å²) in [6.45, 7) is -0.137. The number of nitrogens with zero attached hydrogens (tertiary/aromatic N) is 2. The number of aliphatic carboxylic acids is 1. The third-order valence-corrected chi connectivity index (χ3v) is 12.6. The van der Waals surface area contributed by atoms with E-state index in [2.05, 4.69) is 86.2 Å². The second-order valence-corrected chi connectivity index (χ2v) is 17.2. The van der Waals surface area contributed by atoms with E-state index < -0.39 is 115 Å². The van der Waals surface area contributed by atoms with Crippen molar-refractivity contribution in [2.45, 2.75) is 99.7 Å². The molecule has 2 aromatic rings. The molecule has 4 rings (SSSR count). The van der Waals surface area contributed by atoms with Crippen molar-refractivity contribution in [1.29, 1.82) is 0 Å². The van der Waals surface area contributed by atoms with E-state index in [0.29, 0.717) is 44.2 Å². The highest BCUT2D eigenvalue weighted by atomic mass is 32.1. The summed E-state index contributed by atoms with van der Waals surface area (Å²) in [4.78, 5) is 125. The zero-order valence-corrected chi connectivity index (χ0v) is 39.2. The van der Waals surface area contributed by atoms with Gasteiger partial charge in [0.2, 0.25) is 41.4 Å². The second-order valence-electron chi connectivity index (χ2n) is 16.1. The van der Waals surface area contributed by atoms with E-state index in [0.717, 1.165) is 10.9 Å². The molecular formula is C41H63N11O11S3+2. The predicted octanol–water partition coefficient (Wildman–Crippen LogP) is -4.88. The molecule has 2 aliphatic heterocycles. The number of unbranched alkanes of at least 4 members (excludes halogenated alkanes) is 1. The van der Waals surface area contributed by atoms with Crippen molar-refractivity contribution < 1.29 is 64.8 Å². The van der Waals surface area contributed by atoms with E-state index in [1.807, 2.05) is 24.3 Å². The van der Waals surface area contributed by atoms with Crippen LogP contribution in [0, 0.1) is 0 Å². The minimum Gasteiger partial charge on any atom is -0.480 e. The van der Waals surface area contributed by atoms with Crippen LogP contribution in [0.2, 0.25) is 0 Å². The highest BCUT2D eigenvalue weighted by molar-refractivity contribution is 7.80. The molecule has 25 heteroatoms. The number of carboxylic acid groups (broad SMARTS) is 1. The van der Waals surface area contributed by atoms with Gasteiger partial charge in [-0.05, 0) is 56.6 Å². The number of H-pyrrole nitrogens is 1. The third-order valence-electron chi connectivity index (χ3n) is 11.5. The molecule has 0 aliphatic carbocycles. The Balaban J connectivity index is 1.34. The van der Waals surface area contributed by atoms with Crippen LogP contribution in [0.25, 0.3) is 10.9 Å². The topological polar surface area (TPSA) is 344 Å². The maximum absolute atomic E-state index is 14.0. The van der Waals surface area contributed by atoms with Crippen LogP contribution in [0.4, 0.5) is 0 Å². The van der Waals surface area contributed by atoms with Gasteiger partial charge in [-0.3, -0.25) is 38.4 Å². The Kier molecular flexibility index (Phi) is 21.3. The fraction of sp³-hybridized carbons (Fsp3) is 0.585. The number of aliphatic hydroxyl groups is 1.